The van der Waals surface area contributed by atoms with Crippen LogP contribution in [0.1, 0.15) is 20.7 Å². The summed E-state index contributed by atoms with van der Waals surface area (Å²) < 4.78 is 1.25. The van der Waals surface area contributed by atoms with Crippen LogP contribution in [-0.4, -0.2) is 27.1 Å². The minimum Gasteiger partial charge on any atom is -0.478 e. The van der Waals surface area contributed by atoms with Crippen LogP contribution in [0.4, 0.5) is 5.69 Å². The lowest BCUT2D eigenvalue weighted by Crippen LogP contribution is -2.00. The SMILES string of the molecule is O=C(O)c1cc([N+](=O)[O-])ccc1I.O=C(O)c1ccccc1I. The van der Waals surface area contributed by atoms with Crippen molar-refractivity contribution in [3.05, 3.63) is 70.8 Å². The smallest absolute Gasteiger partial charge is 0.337 e. The molecule has 2 aromatic rings. The molecule has 0 radical (unpaired) electrons. The lowest BCUT2D eigenvalue weighted by Gasteiger charge is -1.97. The number of carbonyl (C=O) groups is 2. The Labute approximate surface area is 157 Å². The zero-order valence-electron chi connectivity index (χ0n) is 11.3. The molecule has 2 N–H and O–H groups in total. The first-order chi connectivity index (χ1) is 10.7. The number of rotatable bonds is 3. The number of nitro groups is 1. The van der Waals surface area contributed by atoms with Gasteiger partial charge in [0.25, 0.3) is 5.69 Å². The maximum Gasteiger partial charge on any atom is 0.337 e. The highest BCUT2D eigenvalue weighted by Gasteiger charge is 2.13. The monoisotopic (exact) mass is 541 g/mol. The highest BCUT2D eigenvalue weighted by Crippen LogP contribution is 2.19. The third kappa shape index (κ3) is 5.74. The second-order valence-electron chi connectivity index (χ2n) is 4.01. The summed E-state index contributed by atoms with van der Waals surface area (Å²) in [6, 6.07) is 10.6. The van der Waals surface area contributed by atoms with Gasteiger partial charge in [-0.05, 0) is 63.4 Å². The summed E-state index contributed by atoms with van der Waals surface area (Å²) in [6.45, 7) is 0. The van der Waals surface area contributed by atoms with Gasteiger partial charge in [-0.25, -0.2) is 9.59 Å². The van der Waals surface area contributed by atoms with Crippen LogP contribution in [0.15, 0.2) is 42.5 Å². The predicted molar refractivity (Wildman–Crippen MR) is 98.9 cm³/mol. The molecule has 0 unspecified atom stereocenters. The molecular formula is C14H9I2NO6. The van der Waals surface area contributed by atoms with Crippen LogP contribution in [0.3, 0.4) is 0 Å². The molecule has 9 heteroatoms. The van der Waals surface area contributed by atoms with Gasteiger partial charge in [-0.15, -0.1) is 0 Å². The van der Waals surface area contributed by atoms with Gasteiger partial charge in [0, 0.05) is 19.3 Å². The van der Waals surface area contributed by atoms with Crippen LogP contribution in [0.2, 0.25) is 0 Å². The number of hydrogen-bond acceptors (Lipinski definition) is 4. The van der Waals surface area contributed by atoms with Crippen LogP contribution in [-0.2, 0) is 0 Å². The van der Waals surface area contributed by atoms with Gasteiger partial charge in [-0.2, -0.15) is 0 Å². The van der Waals surface area contributed by atoms with Crippen molar-refractivity contribution in [1.82, 2.24) is 0 Å². The van der Waals surface area contributed by atoms with E-state index in [1.807, 2.05) is 51.2 Å². The van der Waals surface area contributed by atoms with Gasteiger partial charge in [0.1, 0.15) is 0 Å². The molecule has 0 bridgehead atoms. The lowest BCUT2D eigenvalue weighted by atomic mass is 10.2. The first kappa shape index (κ1) is 19.3. The van der Waals surface area contributed by atoms with Crippen LogP contribution < -0.4 is 0 Å². The zero-order chi connectivity index (χ0) is 17.6. The Morgan fingerprint density at radius 3 is 1.87 bits per heavy atom. The summed E-state index contributed by atoms with van der Waals surface area (Å²) in [6.07, 6.45) is 0. The summed E-state index contributed by atoms with van der Waals surface area (Å²) in [5.41, 5.74) is 0.107. The van der Waals surface area contributed by atoms with E-state index in [0.29, 0.717) is 9.13 Å². The molecule has 0 saturated carbocycles. The summed E-state index contributed by atoms with van der Waals surface area (Å²) in [5, 5.41) is 27.5. The molecule has 120 valence electrons. The molecule has 2 rings (SSSR count). The highest BCUT2D eigenvalue weighted by molar-refractivity contribution is 14.1. The maximum atomic E-state index is 10.6. The fraction of sp³-hybridized carbons (Fsp3) is 0. The minimum atomic E-state index is -1.16. The third-order valence-electron chi connectivity index (χ3n) is 2.50. The molecule has 0 amide bonds. The summed E-state index contributed by atoms with van der Waals surface area (Å²) in [7, 11) is 0. The number of nitrogens with zero attached hydrogens (tertiary/aromatic N) is 1. The Balaban J connectivity index is 0.000000238. The zero-order valence-corrected chi connectivity index (χ0v) is 15.6. The second kappa shape index (κ2) is 8.76. The van der Waals surface area contributed by atoms with Crippen molar-refractivity contribution in [3.63, 3.8) is 0 Å². The molecule has 0 heterocycles. The number of carboxylic acids is 2. The van der Waals surface area contributed by atoms with Crippen molar-refractivity contribution in [2.24, 2.45) is 0 Å². The summed E-state index contributed by atoms with van der Waals surface area (Å²) in [4.78, 5) is 30.7. The molecule has 0 aliphatic carbocycles. The first-order valence-electron chi connectivity index (χ1n) is 5.89. The normalized spacial score (nSPS) is 9.48. The number of nitro benzene ring substituents is 1. The molecule has 0 aliphatic rings. The molecule has 23 heavy (non-hydrogen) atoms. The standard InChI is InChI=1S/C7H4INO4.C7H5IO2/c8-6-2-1-4(9(12)13)3-5(6)7(10)11;8-6-4-2-1-3-5(6)7(9)10/h1-3H,(H,10,11);1-4H,(H,9,10). The van der Waals surface area contributed by atoms with Crippen molar-refractivity contribution < 1.29 is 24.7 Å². The summed E-state index contributed by atoms with van der Waals surface area (Å²) in [5.74, 6) is -2.03. The molecule has 0 spiro atoms. The van der Waals surface area contributed by atoms with E-state index < -0.39 is 16.9 Å². The topological polar surface area (TPSA) is 118 Å². The Hall–Kier alpha value is -1.76. The van der Waals surface area contributed by atoms with Gasteiger partial charge in [-0.1, -0.05) is 12.1 Å². The number of benzene rings is 2. The number of carboxylic acid groups (broad SMARTS) is 2. The van der Waals surface area contributed by atoms with E-state index in [9.17, 15) is 19.7 Å². The van der Waals surface area contributed by atoms with Crippen molar-refractivity contribution >= 4 is 62.8 Å². The number of halogens is 2. The average Bonchev–Trinajstić information content (AvgIpc) is 2.48. The van der Waals surface area contributed by atoms with Gasteiger partial charge in [-0.3, -0.25) is 10.1 Å². The number of hydrogen-bond donors (Lipinski definition) is 2. The fourth-order valence-corrected chi connectivity index (χ4v) is 2.61. The van der Waals surface area contributed by atoms with Crippen molar-refractivity contribution in [2.45, 2.75) is 0 Å². The van der Waals surface area contributed by atoms with Gasteiger partial charge >= 0.3 is 11.9 Å². The van der Waals surface area contributed by atoms with Crippen molar-refractivity contribution in [3.8, 4) is 0 Å². The van der Waals surface area contributed by atoms with Crippen molar-refractivity contribution in [2.75, 3.05) is 0 Å². The fourth-order valence-electron chi connectivity index (χ4n) is 1.43. The molecular weight excluding hydrogens is 532 g/mol. The van der Waals surface area contributed by atoms with E-state index >= 15 is 0 Å². The molecule has 0 aliphatic heterocycles. The van der Waals surface area contributed by atoms with E-state index in [1.54, 1.807) is 18.2 Å². The van der Waals surface area contributed by atoms with Gasteiger partial charge in [0.15, 0.2) is 0 Å². The Morgan fingerprint density at radius 1 is 0.913 bits per heavy atom. The van der Waals surface area contributed by atoms with E-state index in [4.69, 9.17) is 10.2 Å². The highest BCUT2D eigenvalue weighted by atomic mass is 127. The molecule has 0 saturated heterocycles. The van der Waals surface area contributed by atoms with Crippen LogP contribution >= 0.6 is 45.2 Å². The van der Waals surface area contributed by atoms with Gasteiger partial charge in [0.2, 0.25) is 0 Å². The predicted octanol–water partition coefficient (Wildman–Crippen LogP) is 3.89. The largest absolute Gasteiger partial charge is 0.478 e. The molecule has 7 nitrogen and oxygen atoms in total. The third-order valence-corrected chi connectivity index (χ3v) is 4.38. The molecule has 0 atom stereocenters. The quantitative estimate of drug-likeness (QED) is 0.346. The molecule has 0 aromatic heterocycles. The van der Waals surface area contributed by atoms with Gasteiger partial charge < -0.3 is 10.2 Å². The Kier molecular flexibility index (Phi) is 7.35. The first-order valence-corrected chi connectivity index (χ1v) is 8.05. The maximum absolute atomic E-state index is 10.6. The molecule has 2 aromatic carbocycles. The lowest BCUT2D eigenvalue weighted by molar-refractivity contribution is -0.384. The minimum absolute atomic E-state index is 0.0465. The van der Waals surface area contributed by atoms with E-state index in [0.717, 1.165) is 9.64 Å². The van der Waals surface area contributed by atoms with E-state index in [2.05, 4.69) is 0 Å². The second-order valence-corrected chi connectivity index (χ2v) is 6.34. The van der Waals surface area contributed by atoms with Crippen molar-refractivity contribution in [1.29, 1.82) is 0 Å². The number of non-ortho nitro benzene ring substituents is 1. The Morgan fingerprint density at radius 2 is 1.43 bits per heavy atom. The van der Waals surface area contributed by atoms with Crippen LogP contribution in [0, 0.1) is 17.3 Å². The van der Waals surface area contributed by atoms with Crippen LogP contribution in [0.5, 0.6) is 0 Å². The van der Waals surface area contributed by atoms with Crippen LogP contribution in [0.25, 0.3) is 0 Å². The van der Waals surface area contributed by atoms with E-state index in [-0.39, 0.29) is 11.3 Å². The number of aromatic carboxylic acids is 2. The van der Waals surface area contributed by atoms with Gasteiger partial charge in [0.05, 0.1) is 16.1 Å². The average molecular weight is 541 g/mol. The summed E-state index contributed by atoms with van der Waals surface area (Å²) >= 11 is 3.81. The van der Waals surface area contributed by atoms with E-state index in [1.165, 1.54) is 12.1 Å². The Bertz CT molecular complexity index is 763. The molecule has 0 fully saturated rings.